The van der Waals surface area contributed by atoms with Crippen molar-refractivity contribution in [3.63, 3.8) is 0 Å². The molecule has 1 aliphatic rings. The lowest BCUT2D eigenvalue weighted by Crippen LogP contribution is -2.62. The maximum atomic E-state index is 9.78. The van der Waals surface area contributed by atoms with Gasteiger partial charge in [-0.3, -0.25) is 16.6 Å². The highest BCUT2D eigenvalue weighted by Gasteiger charge is 2.44. The van der Waals surface area contributed by atoms with Gasteiger partial charge in [-0.1, -0.05) is 0 Å². The number of β-amino-alcohol motifs (C(OH)–C–C–N with tert-alkyl or cyclic N) is 1. The van der Waals surface area contributed by atoms with Crippen molar-refractivity contribution in [3.8, 4) is 0 Å². The number of rotatable bonds is 2. The largest absolute Gasteiger partial charge is 0.395 e. The summed E-state index contributed by atoms with van der Waals surface area (Å²) >= 11 is 0. The number of nitrogens with zero attached hydrogens (tertiary/aromatic N) is 1. The van der Waals surface area contributed by atoms with Crippen LogP contribution in [-0.2, 0) is 0 Å². The third kappa shape index (κ3) is 3.68. The van der Waals surface area contributed by atoms with Crippen LogP contribution in [0.5, 0.6) is 0 Å². The van der Waals surface area contributed by atoms with E-state index >= 15 is 0 Å². The predicted octanol–water partition coefficient (Wildman–Crippen LogP) is -0.189. The maximum absolute atomic E-state index is 9.78. The number of hydrogen-bond donors (Lipinski definition) is 4. The fourth-order valence-electron chi connectivity index (χ4n) is 2.97. The minimum Gasteiger partial charge on any atom is -0.395 e. The molecule has 0 aromatic carbocycles. The highest BCUT2D eigenvalue weighted by molar-refractivity contribution is 4.99. The normalized spacial score (nSPS) is 24.8. The third-order valence-corrected chi connectivity index (χ3v) is 3.26. The molecule has 1 aliphatic heterocycles. The van der Waals surface area contributed by atoms with Crippen LogP contribution in [-0.4, -0.2) is 45.4 Å². The molecular weight excluding hydrogens is 206 g/mol. The number of piperidine rings is 1. The zero-order chi connectivity index (χ0) is 13.0. The third-order valence-electron chi connectivity index (χ3n) is 3.26. The van der Waals surface area contributed by atoms with Crippen molar-refractivity contribution in [1.82, 2.24) is 4.90 Å². The standard InChI is InChI=1S/C11H23NO2.H4N2/c1-10(2)7-9(14)8-11(3,4)12(10)5-6-13;1-2/h9,13-14H,5-8H2,1-4H3;1-2H2. The fraction of sp³-hybridized carbons (Fsp3) is 1.00. The van der Waals surface area contributed by atoms with Crippen molar-refractivity contribution in [2.75, 3.05) is 13.2 Å². The van der Waals surface area contributed by atoms with Crippen molar-refractivity contribution < 1.29 is 10.2 Å². The molecule has 16 heavy (non-hydrogen) atoms. The molecule has 0 aliphatic carbocycles. The minimum absolute atomic E-state index is 0.0239. The van der Waals surface area contributed by atoms with Crippen LogP contribution in [0.3, 0.4) is 0 Å². The summed E-state index contributed by atoms with van der Waals surface area (Å²) in [7, 11) is 0. The molecule has 1 fully saturated rings. The Morgan fingerprint density at radius 1 is 1.12 bits per heavy atom. The van der Waals surface area contributed by atoms with Gasteiger partial charge >= 0.3 is 0 Å². The monoisotopic (exact) mass is 233 g/mol. The Labute approximate surface area is 98.4 Å². The molecule has 6 N–H and O–H groups in total. The van der Waals surface area contributed by atoms with E-state index in [0.29, 0.717) is 6.54 Å². The highest BCUT2D eigenvalue weighted by atomic mass is 16.3. The van der Waals surface area contributed by atoms with E-state index in [1.54, 1.807) is 0 Å². The lowest BCUT2D eigenvalue weighted by Gasteiger charge is -2.54. The van der Waals surface area contributed by atoms with Gasteiger partial charge in [-0.2, -0.15) is 0 Å². The van der Waals surface area contributed by atoms with Crippen LogP contribution in [0.15, 0.2) is 0 Å². The smallest absolute Gasteiger partial charge is 0.0575 e. The van der Waals surface area contributed by atoms with E-state index in [9.17, 15) is 5.11 Å². The van der Waals surface area contributed by atoms with Crippen molar-refractivity contribution >= 4 is 0 Å². The van der Waals surface area contributed by atoms with E-state index in [1.807, 2.05) is 0 Å². The predicted molar refractivity (Wildman–Crippen MR) is 65.6 cm³/mol. The molecule has 1 heterocycles. The van der Waals surface area contributed by atoms with E-state index in [4.69, 9.17) is 5.11 Å². The Balaban J connectivity index is 0.00000106. The Hall–Kier alpha value is -0.200. The van der Waals surface area contributed by atoms with Gasteiger partial charge in [-0.15, -0.1) is 0 Å². The first-order valence-corrected chi connectivity index (χ1v) is 5.69. The SMILES string of the molecule is CC1(C)CC(O)CC(C)(C)N1CCO.NN. The van der Waals surface area contributed by atoms with Gasteiger partial charge in [0, 0.05) is 17.6 Å². The van der Waals surface area contributed by atoms with Gasteiger partial charge in [-0.05, 0) is 40.5 Å². The molecule has 0 aromatic rings. The summed E-state index contributed by atoms with van der Waals surface area (Å²) in [4.78, 5) is 2.30. The summed E-state index contributed by atoms with van der Waals surface area (Å²) in [6.45, 7) is 9.40. The molecule has 1 saturated heterocycles. The number of nitrogens with two attached hydrogens (primary N) is 2. The molecule has 0 saturated carbocycles. The quantitative estimate of drug-likeness (QED) is 0.392. The van der Waals surface area contributed by atoms with Crippen molar-refractivity contribution in [1.29, 1.82) is 0 Å². The molecule has 0 aromatic heterocycles. The van der Waals surface area contributed by atoms with Crippen LogP contribution >= 0.6 is 0 Å². The first-order valence-electron chi connectivity index (χ1n) is 5.69. The van der Waals surface area contributed by atoms with Crippen molar-refractivity contribution in [2.24, 2.45) is 11.7 Å². The Kier molecular flexibility index (Phi) is 5.86. The lowest BCUT2D eigenvalue weighted by molar-refractivity contribution is -0.0858. The summed E-state index contributed by atoms with van der Waals surface area (Å²) in [6.07, 6.45) is 1.36. The van der Waals surface area contributed by atoms with Gasteiger partial charge in [0.25, 0.3) is 0 Å². The zero-order valence-electron chi connectivity index (χ0n) is 10.9. The molecule has 0 bridgehead atoms. The summed E-state index contributed by atoms with van der Waals surface area (Å²) in [6, 6.07) is 0. The van der Waals surface area contributed by atoms with Gasteiger partial charge in [0.15, 0.2) is 0 Å². The second kappa shape index (κ2) is 5.93. The lowest BCUT2D eigenvalue weighted by atomic mass is 9.78. The molecule has 0 radical (unpaired) electrons. The molecule has 5 nitrogen and oxygen atoms in total. The molecule has 0 spiro atoms. The van der Waals surface area contributed by atoms with Crippen LogP contribution in [0.25, 0.3) is 0 Å². The molecule has 0 atom stereocenters. The van der Waals surface area contributed by atoms with Crippen molar-refractivity contribution in [2.45, 2.75) is 57.7 Å². The Morgan fingerprint density at radius 2 is 1.50 bits per heavy atom. The number of aliphatic hydroxyl groups is 2. The zero-order valence-corrected chi connectivity index (χ0v) is 10.9. The first kappa shape index (κ1) is 15.8. The minimum atomic E-state index is -0.213. The number of hydrazine groups is 1. The van der Waals surface area contributed by atoms with Crippen LogP contribution in [0.1, 0.15) is 40.5 Å². The summed E-state index contributed by atoms with van der Waals surface area (Å²) in [5.41, 5.74) is -0.0478. The van der Waals surface area contributed by atoms with E-state index in [1.165, 1.54) is 0 Å². The summed E-state index contributed by atoms with van der Waals surface area (Å²) in [5.74, 6) is 8.00. The number of likely N-dealkylation sites (tertiary alicyclic amines) is 1. The summed E-state index contributed by atoms with van der Waals surface area (Å²) in [5, 5.41) is 18.8. The molecular formula is C11H27N3O2. The van der Waals surface area contributed by atoms with Gasteiger partial charge in [0.1, 0.15) is 0 Å². The van der Waals surface area contributed by atoms with E-state index in [0.717, 1.165) is 12.8 Å². The molecule has 1 rings (SSSR count). The van der Waals surface area contributed by atoms with Gasteiger partial charge in [-0.25, -0.2) is 0 Å². The Bertz CT molecular complexity index is 189. The van der Waals surface area contributed by atoms with Gasteiger partial charge < -0.3 is 10.2 Å². The van der Waals surface area contributed by atoms with E-state index in [2.05, 4.69) is 44.3 Å². The average molecular weight is 233 g/mol. The fourth-order valence-corrected chi connectivity index (χ4v) is 2.97. The molecule has 5 heteroatoms. The van der Waals surface area contributed by atoms with Gasteiger partial charge in [0.05, 0.1) is 12.7 Å². The average Bonchev–Trinajstić information content (AvgIpc) is 2.13. The Morgan fingerprint density at radius 3 is 1.81 bits per heavy atom. The maximum Gasteiger partial charge on any atom is 0.0575 e. The van der Waals surface area contributed by atoms with Gasteiger partial charge in [0.2, 0.25) is 0 Å². The van der Waals surface area contributed by atoms with Crippen LogP contribution in [0.2, 0.25) is 0 Å². The topological polar surface area (TPSA) is 95.7 Å². The first-order chi connectivity index (χ1) is 7.29. The molecule has 0 amide bonds. The summed E-state index contributed by atoms with van der Waals surface area (Å²) < 4.78 is 0. The van der Waals surface area contributed by atoms with E-state index < -0.39 is 0 Å². The highest BCUT2D eigenvalue weighted by Crippen LogP contribution is 2.37. The van der Waals surface area contributed by atoms with Crippen LogP contribution in [0, 0.1) is 0 Å². The molecule has 98 valence electrons. The number of hydrogen-bond acceptors (Lipinski definition) is 5. The number of aliphatic hydroxyl groups excluding tert-OH is 2. The van der Waals surface area contributed by atoms with Crippen LogP contribution < -0.4 is 11.7 Å². The van der Waals surface area contributed by atoms with Crippen LogP contribution in [0.4, 0.5) is 0 Å². The second-order valence-electron chi connectivity index (χ2n) is 5.56. The second-order valence-corrected chi connectivity index (χ2v) is 5.56. The van der Waals surface area contributed by atoms with Crippen molar-refractivity contribution in [3.05, 3.63) is 0 Å². The van der Waals surface area contributed by atoms with E-state index in [-0.39, 0.29) is 23.8 Å². The molecule has 0 unspecified atom stereocenters.